The third kappa shape index (κ3) is 4.82. The van der Waals surface area contributed by atoms with Crippen LogP contribution in [0.15, 0.2) is 18.5 Å². The molecule has 6 nitrogen and oxygen atoms in total. The molecule has 0 radical (unpaired) electrons. The van der Waals surface area contributed by atoms with Crippen molar-refractivity contribution in [3.8, 4) is 0 Å². The van der Waals surface area contributed by atoms with E-state index in [0.717, 1.165) is 17.6 Å². The summed E-state index contributed by atoms with van der Waals surface area (Å²) in [5.74, 6) is 0.953. The number of fused-ring (bicyclic) bond motifs is 1. The van der Waals surface area contributed by atoms with E-state index in [1.54, 1.807) is 12.4 Å². The van der Waals surface area contributed by atoms with Crippen molar-refractivity contribution in [2.45, 2.75) is 39.3 Å². The van der Waals surface area contributed by atoms with Crippen LogP contribution < -0.4 is 11.1 Å². The Morgan fingerprint density at radius 2 is 2.08 bits per heavy atom. The lowest BCUT2D eigenvalue weighted by molar-refractivity contribution is 0.0950. The second-order valence-electron chi connectivity index (χ2n) is 6.57. The number of nitrogens with one attached hydrogen (secondary N) is 1. The molecule has 3 rings (SSSR count). The van der Waals surface area contributed by atoms with Gasteiger partial charge in [0.15, 0.2) is 5.65 Å². The Morgan fingerprint density at radius 1 is 1.38 bits per heavy atom. The number of hydrogen-bond acceptors (Lipinski definition) is 4. The van der Waals surface area contributed by atoms with Crippen LogP contribution in [-0.4, -0.2) is 33.3 Å². The average molecular weight is 374 g/mol. The van der Waals surface area contributed by atoms with Gasteiger partial charge in [0.1, 0.15) is 0 Å². The fourth-order valence-corrected chi connectivity index (χ4v) is 2.58. The predicted molar refractivity (Wildman–Crippen MR) is 99.9 cm³/mol. The second kappa shape index (κ2) is 8.65. The van der Waals surface area contributed by atoms with Gasteiger partial charge in [0, 0.05) is 30.7 Å². The Bertz CT molecular complexity index is 684. The highest BCUT2D eigenvalue weighted by atomic mass is 35.5. The molecule has 2 heterocycles. The van der Waals surface area contributed by atoms with Crippen molar-refractivity contribution in [3.63, 3.8) is 0 Å². The van der Waals surface area contributed by atoms with E-state index in [1.165, 1.54) is 12.8 Å². The van der Waals surface area contributed by atoms with E-state index in [9.17, 15) is 4.79 Å². The third-order valence-electron chi connectivity index (χ3n) is 4.00. The predicted octanol–water partition coefficient (Wildman–Crippen LogP) is 2.40. The monoisotopic (exact) mass is 373 g/mol. The molecule has 1 atom stereocenters. The van der Waals surface area contributed by atoms with Crippen LogP contribution >= 0.6 is 24.8 Å². The van der Waals surface area contributed by atoms with Crippen LogP contribution in [0.25, 0.3) is 11.0 Å². The van der Waals surface area contributed by atoms with Gasteiger partial charge < -0.3 is 11.1 Å². The molecule has 2 aromatic rings. The lowest BCUT2D eigenvalue weighted by Crippen LogP contribution is -2.38. The molecule has 0 aliphatic heterocycles. The zero-order valence-corrected chi connectivity index (χ0v) is 15.6. The second-order valence-corrected chi connectivity index (χ2v) is 6.57. The number of carbonyl (C=O) groups excluding carboxylic acids is 1. The van der Waals surface area contributed by atoms with Crippen LogP contribution in [0.2, 0.25) is 0 Å². The third-order valence-corrected chi connectivity index (χ3v) is 4.00. The van der Waals surface area contributed by atoms with Gasteiger partial charge in [-0.2, -0.15) is 5.10 Å². The molecule has 8 heteroatoms. The Labute approximate surface area is 154 Å². The van der Waals surface area contributed by atoms with Gasteiger partial charge in [-0.3, -0.25) is 4.79 Å². The summed E-state index contributed by atoms with van der Waals surface area (Å²) in [5, 5.41) is 8.13. The summed E-state index contributed by atoms with van der Waals surface area (Å²) >= 11 is 0. The quantitative estimate of drug-likeness (QED) is 0.813. The zero-order valence-electron chi connectivity index (χ0n) is 13.9. The van der Waals surface area contributed by atoms with Crippen LogP contribution in [0, 0.1) is 11.8 Å². The molecule has 0 spiro atoms. The van der Waals surface area contributed by atoms with Gasteiger partial charge in [-0.25, -0.2) is 9.67 Å². The first-order chi connectivity index (χ1) is 10.5. The van der Waals surface area contributed by atoms with Gasteiger partial charge in [-0.15, -0.1) is 24.8 Å². The standard InChI is InChI=1S/C16H23N5O.2ClH/c1-10(2)9-21-15-12(7-20-21)5-13(6-18-15)16(22)19-8-14(17)11-3-4-11;;/h5-7,10-11,14H,3-4,8-9,17H2,1-2H3,(H,19,22);2*1H. The summed E-state index contributed by atoms with van der Waals surface area (Å²) < 4.78 is 1.88. The Morgan fingerprint density at radius 3 is 2.71 bits per heavy atom. The topological polar surface area (TPSA) is 85.8 Å². The first kappa shape index (κ1) is 20.7. The van der Waals surface area contributed by atoms with Crippen molar-refractivity contribution in [1.82, 2.24) is 20.1 Å². The zero-order chi connectivity index (χ0) is 15.7. The summed E-state index contributed by atoms with van der Waals surface area (Å²) in [6.45, 7) is 5.61. The maximum absolute atomic E-state index is 12.2. The average Bonchev–Trinajstić information content (AvgIpc) is 3.27. The van der Waals surface area contributed by atoms with Gasteiger partial charge in [0.2, 0.25) is 0 Å². The minimum atomic E-state index is -0.123. The number of pyridine rings is 1. The highest BCUT2D eigenvalue weighted by Crippen LogP contribution is 2.31. The van der Waals surface area contributed by atoms with E-state index >= 15 is 0 Å². The molecule has 0 bridgehead atoms. The van der Waals surface area contributed by atoms with Crippen LogP contribution in [0.4, 0.5) is 0 Å². The summed E-state index contributed by atoms with van der Waals surface area (Å²) in [6, 6.07) is 1.90. The lowest BCUT2D eigenvalue weighted by Gasteiger charge is -2.11. The van der Waals surface area contributed by atoms with E-state index < -0.39 is 0 Å². The number of aromatic nitrogens is 3. The van der Waals surface area contributed by atoms with Crippen LogP contribution in [0.3, 0.4) is 0 Å². The van der Waals surface area contributed by atoms with Crippen LogP contribution in [-0.2, 0) is 6.54 Å². The molecular weight excluding hydrogens is 349 g/mol. The van der Waals surface area contributed by atoms with Crippen molar-refractivity contribution in [3.05, 3.63) is 24.0 Å². The summed E-state index contributed by atoms with van der Waals surface area (Å²) in [7, 11) is 0. The first-order valence-corrected chi connectivity index (χ1v) is 7.90. The number of amides is 1. The summed E-state index contributed by atoms with van der Waals surface area (Å²) in [4.78, 5) is 16.6. The van der Waals surface area contributed by atoms with Crippen molar-refractivity contribution in [2.75, 3.05) is 6.54 Å². The Balaban J connectivity index is 0.00000144. The molecule has 0 saturated heterocycles. The van der Waals surface area contributed by atoms with E-state index in [0.29, 0.717) is 23.9 Å². The fraction of sp³-hybridized carbons (Fsp3) is 0.562. The van der Waals surface area contributed by atoms with Gasteiger partial charge in [0.05, 0.1) is 11.8 Å². The van der Waals surface area contributed by atoms with Crippen molar-refractivity contribution in [2.24, 2.45) is 17.6 Å². The van der Waals surface area contributed by atoms with Gasteiger partial charge in [-0.1, -0.05) is 13.8 Å². The van der Waals surface area contributed by atoms with E-state index in [2.05, 4.69) is 29.2 Å². The van der Waals surface area contributed by atoms with E-state index in [1.807, 2.05) is 10.7 Å². The smallest absolute Gasteiger partial charge is 0.252 e. The Kier molecular flexibility index (Phi) is 7.45. The molecule has 0 aromatic carbocycles. The molecule has 2 aromatic heterocycles. The van der Waals surface area contributed by atoms with Gasteiger partial charge in [0.25, 0.3) is 5.91 Å². The molecule has 1 aliphatic carbocycles. The van der Waals surface area contributed by atoms with Crippen LogP contribution in [0.1, 0.15) is 37.0 Å². The largest absolute Gasteiger partial charge is 0.350 e. The number of hydrogen-bond donors (Lipinski definition) is 2. The van der Waals surface area contributed by atoms with Crippen molar-refractivity contribution in [1.29, 1.82) is 0 Å². The van der Waals surface area contributed by atoms with E-state index in [4.69, 9.17) is 5.73 Å². The maximum atomic E-state index is 12.2. The Hall–Kier alpha value is -1.37. The first-order valence-electron chi connectivity index (χ1n) is 7.90. The number of halogens is 2. The molecule has 1 amide bonds. The number of carbonyl (C=O) groups is 1. The van der Waals surface area contributed by atoms with Gasteiger partial charge >= 0.3 is 0 Å². The highest BCUT2D eigenvalue weighted by Gasteiger charge is 2.28. The van der Waals surface area contributed by atoms with E-state index in [-0.39, 0.29) is 36.8 Å². The molecule has 24 heavy (non-hydrogen) atoms. The molecule has 3 N–H and O–H groups in total. The fourth-order valence-electron chi connectivity index (χ4n) is 2.58. The maximum Gasteiger partial charge on any atom is 0.252 e. The molecule has 1 aliphatic rings. The normalized spacial score (nSPS) is 14.8. The number of rotatable bonds is 6. The lowest BCUT2D eigenvalue weighted by atomic mass is 10.2. The van der Waals surface area contributed by atoms with Gasteiger partial charge in [-0.05, 0) is 30.7 Å². The minimum absolute atomic E-state index is 0. The molecule has 1 unspecified atom stereocenters. The molecule has 1 fully saturated rings. The minimum Gasteiger partial charge on any atom is -0.350 e. The summed E-state index contributed by atoms with van der Waals surface area (Å²) in [6.07, 6.45) is 5.73. The molecular formula is C16H25Cl2N5O. The van der Waals surface area contributed by atoms with Crippen molar-refractivity contribution < 1.29 is 4.79 Å². The summed E-state index contributed by atoms with van der Waals surface area (Å²) in [5.41, 5.74) is 7.38. The van der Waals surface area contributed by atoms with Crippen molar-refractivity contribution >= 4 is 41.8 Å². The highest BCUT2D eigenvalue weighted by molar-refractivity contribution is 5.96. The number of nitrogens with zero attached hydrogens (tertiary/aromatic N) is 3. The van der Waals surface area contributed by atoms with Crippen LogP contribution in [0.5, 0.6) is 0 Å². The molecule has 1 saturated carbocycles. The number of nitrogens with two attached hydrogens (primary N) is 1. The SMILES string of the molecule is CC(C)Cn1ncc2cc(C(=O)NCC(N)C3CC3)cnc21.Cl.Cl. The molecule has 134 valence electrons.